The number of nitrogens with zero attached hydrogens (tertiary/aromatic N) is 6. The van der Waals surface area contributed by atoms with Crippen molar-refractivity contribution in [2.75, 3.05) is 12.4 Å². The van der Waals surface area contributed by atoms with Crippen molar-refractivity contribution in [3.8, 4) is 5.82 Å². The molecule has 9 heteroatoms. The van der Waals surface area contributed by atoms with E-state index >= 15 is 0 Å². The second-order valence-corrected chi connectivity index (χ2v) is 4.38. The lowest BCUT2D eigenvalue weighted by atomic mass is 10.3. The summed E-state index contributed by atoms with van der Waals surface area (Å²) in [4.78, 5) is 23.5. The first-order chi connectivity index (χ1) is 10.0. The molecule has 0 bridgehead atoms. The average molecular weight is 291 g/mol. The second kappa shape index (κ2) is 5.81. The quantitative estimate of drug-likeness (QED) is 0.655. The molecule has 2 rings (SSSR count). The highest BCUT2D eigenvalue weighted by Crippen LogP contribution is 2.25. The SMILES string of the molecule is CCc1nc(CC)n(-c2nc(NC)nc(C)c2[N+](=O)[O-])n1. The van der Waals surface area contributed by atoms with Crippen molar-refractivity contribution in [3.63, 3.8) is 0 Å². The lowest BCUT2D eigenvalue weighted by Crippen LogP contribution is -2.12. The molecule has 0 saturated carbocycles. The topological polar surface area (TPSA) is 112 Å². The van der Waals surface area contributed by atoms with Gasteiger partial charge in [0.15, 0.2) is 5.82 Å². The van der Waals surface area contributed by atoms with E-state index in [0.29, 0.717) is 30.4 Å². The van der Waals surface area contributed by atoms with E-state index in [9.17, 15) is 10.1 Å². The molecule has 0 saturated heterocycles. The monoisotopic (exact) mass is 291 g/mol. The first kappa shape index (κ1) is 14.8. The first-order valence-electron chi connectivity index (χ1n) is 6.67. The Bertz CT molecular complexity index is 680. The molecule has 0 aliphatic rings. The number of nitrogens with one attached hydrogen (secondary N) is 1. The van der Waals surface area contributed by atoms with E-state index in [-0.39, 0.29) is 17.2 Å². The van der Waals surface area contributed by atoms with E-state index in [1.165, 1.54) is 4.68 Å². The summed E-state index contributed by atoms with van der Waals surface area (Å²) in [5, 5.41) is 18.4. The van der Waals surface area contributed by atoms with Gasteiger partial charge >= 0.3 is 5.69 Å². The van der Waals surface area contributed by atoms with E-state index in [4.69, 9.17) is 0 Å². The van der Waals surface area contributed by atoms with Crippen molar-refractivity contribution in [3.05, 3.63) is 27.5 Å². The van der Waals surface area contributed by atoms with Crippen LogP contribution in [0.2, 0.25) is 0 Å². The van der Waals surface area contributed by atoms with E-state index in [1.807, 2.05) is 13.8 Å². The summed E-state index contributed by atoms with van der Waals surface area (Å²) in [6, 6.07) is 0. The Labute approximate surface area is 121 Å². The number of aryl methyl sites for hydroxylation is 3. The van der Waals surface area contributed by atoms with Gasteiger partial charge in [0.1, 0.15) is 11.5 Å². The summed E-state index contributed by atoms with van der Waals surface area (Å²) in [6.07, 6.45) is 1.25. The van der Waals surface area contributed by atoms with Crippen LogP contribution in [0.3, 0.4) is 0 Å². The molecule has 0 spiro atoms. The zero-order valence-electron chi connectivity index (χ0n) is 12.4. The minimum absolute atomic E-state index is 0.140. The van der Waals surface area contributed by atoms with Gasteiger partial charge < -0.3 is 5.32 Å². The Hall–Kier alpha value is -2.58. The van der Waals surface area contributed by atoms with Crippen molar-refractivity contribution in [2.24, 2.45) is 0 Å². The van der Waals surface area contributed by atoms with E-state index in [0.717, 1.165) is 0 Å². The third kappa shape index (κ3) is 2.67. The molecule has 2 heterocycles. The number of hydrogen-bond donors (Lipinski definition) is 1. The van der Waals surface area contributed by atoms with Gasteiger partial charge in [0.05, 0.1) is 4.92 Å². The van der Waals surface area contributed by atoms with Crippen molar-refractivity contribution in [1.29, 1.82) is 0 Å². The van der Waals surface area contributed by atoms with Crippen LogP contribution < -0.4 is 5.32 Å². The first-order valence-corrected chi connectivity index (χ1v) is 6.67. The van der Waals surface area contributed by atoms with E-state index in [1.54, 1.807) is 14.0 Å². The van der Waals surface area contributed by atoms with Gasteiger partial charge in [-0.2, -0.15) is 9.67 Å². The number of aromatic nitrogens is 5. The smallest absolute Gasteiger partial charge is 0.334 e. The number of rotatable bonds is 5. The van der Waals surface area contributed by atoms with Crippen molar-refractivity contribution >= 4 is 11.6 Å². The Morgan fingerprint density at radius 3 is 2.48 bits per heavy atom. The van der Waals surface area contributed by atoms with Crippen LogP contribution in [0.15, 0.2) is 0 Å². The Morgan fingerprint density at radius 2 is 1.95 bits per heavy atom. The van der Waals surface area contributed by atoms with Gasteiger partial charge in [0.2, 0.25) is 11.8 Å². The molecule has 2 aromatic heterocycles. The molecule has 0 aliphatic carbocycles. The van der Waals surface area contributed by atoms with Gasteiger partial charge in [0, 0.05) is 19.9 Å². The molecule has 0 radical (unpaired) electrons. The highest BCUT2D eigenvalue weighted by molar-refractivity contribution is 5.53. The van der Waals surface area contributed by atoms with Crippen molar-refractivity contribution in [2.45, 2.75) is 33.6 Å². The molecule has 2 aromatic rings. The van der Waals surface area contributed by atoms with Gasteiger partial charge in [-0.1, -0.05) is 13.8 Å². The van der Waals surface area contributed by atoms with Gasteiger partial charge in [-0.25, -0.2) is 9.97 Å². The molecular formula is C12H17N7O2. The van der Waals surface area contributed by atoms with Crippen molar-refractivity contribution in [1.82, 2.24) is 24.7 Å². The summed E-state index contributed by atoms with van der Waals surface area (Å²) in [6.45, 7) is 5.42. The molecule has 0 aromatic carbocycles. The van der Waals surface area contributed by atoms with Crippen LogP contribution in [-0.4, -0.2) is 36.7 Å². The molecule has 0 atom stereocenters. The van der Waals surface area contributed by atoms with Crippen LogP contribution in [-0.2, 0) is 12.8 Å². The molecule has 0 aliphatic heterocycles. The maximum Gasteiger partial charge on any atom is 0.334 e. The molecule has 1 N–H and O–H groups in total. The fraction of sp³-hybridized carbons (Fsp3) is 0.500. The van der Waals surface area contributed by atoms with Crippen LogP contribution in [0.4, 0.5) is 11.6 Å². The average Bonchev–Trinajstić information content (AvgIpc) is 2.89. The second-order valence-electron chi connectivity index (χ2n) is 4.38. The molecule has 112 valence electrons. The fourth-order valence-electron chi connectivity index (χ4n) is 1.97. The van der Waals surface area contributed by atoms with Crippen LogP contribution >= 0.6 is 0 Å². The minimum Gasteiger partial charge on any atom is -0.357 e. The van der Waals surface area contributed by atoms with Gasteiger partial charge in [-0.3, -0.25) is 10.1 Å². The lowest BCUT2D eigenvalue weighted by Gasteiger charge is -2.08. The lowest BCUT2D eigenvalue weighted by molar-refractivity contribution is -0.385. The van der Waals surface area contributed by atoms with Gasteiger partial charge in [-0.05, 0) is 6.92 Å². The zero-order chi connectivity index (χ0) is 15.6. The van der Waals surface area contributed by atoms with Crippen LogP contribution in [0.5, 0.6) is 0 Å². The normalized spacial score (nSPS) is 10.7. The fourth-order valence-corrected chi connectivity index (χ4v) is 1.97. The maximum atomic E-state index is 11.3. The third-order valence-corrected chi connectivity index (χ3v) is 3.00. The van der Waals surface area contributed by atoms with E-state index < -0.39 is 4.92 Å². The highest BCUT2D eigenvalue weighted by Gasteiger charge is 2.26. The summed E-state index contributed by atoms with van der Waals surface area (Å²) >= 11 is 0. The number of anilines is 1. The van der Waals surface area contributed by atoms with Gasteiger partial charge in [0.25, 0.3) is 0 Å². The van der Waals surface area contributed by atoms with Crippen LogP contribution in [0.1, 0.15) is 31.2 Å². The molecular weight excluding hydrogens is 274 g/mol. The molecule has 0 amide bonds. The largest absolute Gasteiger partial charge is 0.357 e. The predicted molar refractivity (Wildman–Crippen MR) is 76.6 cm³/mol. The summed E-state index contributed by atoms with van der Waals surface area (Å²) in [5.41, 5.74) is 0.126. The van der Waals surface area contributed by atoms with E-state index in [2.05, 4.69) is 25.4 Å². The van der Waals surface area contributed by atoms with Crippen molar-refractivity contribution < 1.29 is 4.92 Å². The number of nitro groups is 1. The van der Waals surface area contributed by atoms with Crippen LogP contribution in [0.25, 0.3) is 5.82 Å². The summed E-state index contributed by atoms with van der Waals surface area (Å²) in [5.74, 6) is 1.71. The van der Waals surface area contributed by atoms with Crippen LogP contribution in [0, 0.1) is 17.0 Å². The summed E-state index contributed by atoms with van der Waals surface area (Å²) < 4.78 is 1.44. The number of hydrogen-bond acceptors (Lipinski definition) is 7. The molecule has 0 fully saturated rings. The third-order valence-electron chi connectivity index (χ3n) is 3.00. The molecule has 9 nitrogen and oxygen atoms in total. The maximum absolute atomic E-state index is 11.3. The zero-order valence-corrected chi connectivity index (χ0v) is 12.4. The summed E-state index contributed by atoms with van der Waals surface area (Å²) in [7, 11) is 1.66. The standard InChI is InChI=1S/C12H17N7O2/c1-5-8-15-9(6-2)18(17-8)11-10(19(20)21)7(3)14-12(13-4)16-11/h5-6H2,1-4H3,(H,13,14,16). The molecule has 0 unspecified atom stereocenters. The highest BCUT2D eigenvalue weighted by atomic mass is 16.6. The molecule has 21 heavy (non-hydrogen) atoms. The van der Waals surface area contributed by atoms with Gasteiger partial charge in [-0.15, -0.1) is 5.10 Å². The predicted octanol–water partition coefficient (Wildman–Crippen LogP) is 1.44. The Balaban J connectivity index is 2.74. The Kier molecular flexibility index (Phi) is 4.10. The Morgan fingerprint density at radius 1 is 1.24 bits per heavy atom. The minimum atomic E-state index is -0.489.